The van der Waals surface area contributed by atoms with E-state index in [1.54, 1.807) is 23.1 Å². The first kappa shape index (κ1) is 14.0. The predicted molar refractivity (Wildman–Crippen MR) is 71.0 cm³/mol. The van der Waals surface area contributed by atoms with Crippen molar-refractivity contribution in [1.82, 2.24) is 4.90 Å². The molecule has 1 amide bonds. The van der Waals surface area contributed by atoms with E-state index in [2.05, 4.69) is 15.9 Å². The summed E-state index contributed by atoms with van der Waals surface area (Å²) in [5, 5.41) is 9.10. The van der Waals surface area contributed by atoms with Gasteiger partial charge in [-0.3, -0.25) is 4.79 Å². The van der Waals surface area contributed by atoms with E-state index in [0.717, 1.165) is 0 Å². The summed E-state index contributed by atoms with van der Waals surface area (Å²) in [5.74, 6) is -0.0832. The molecule has 0 heterocycles. The Morgan fingerprint density at radius 2 is 2.29 bits per heavy atom. The van der Waals surface area contributed by atoms with Gasteiger partial charge in [0.25, 0.3) is 5.91 Å². The highest BCUT2D eigenvalue weighted by Crippen LogP contribution is 2.23. The molecule has 0 bridgehead atoms. The number of nitrogens with zero attached hydrogens (tertiary/aromatic N) is 2. The molecule has 0 spiro atoms. The van der Waals surface area contributed by atoms with Crippen molar-refractivity contribution in [2.45, 2.75) is 13.3 Å². The van der Waals surface area contributed by atoms with E-state index in [-0.39, 0.29) is 5.91 Å². The van der Waals surface area contributed by atoms with Gasteiger partial charge in [0, 0.05) is 23.1 Å². The van der Waals surface area contributed by atoms with Crippen LogP contribution >= 0.6 is 27.5 Å². The summed E-state index contributed by atoms with van der Waals surface area (Å²) in [6, 6.07) is 7.09. The SMILES string of the molecule is CCN(CCC#N)C(=O)c1ccc(Cl)c(Br)c1. The number of carbonyl (C=O) groups excluding carboxylic acids is 1. The Balaban J connectivity index is 2.86. The molecule has 0 fully saturated rings. The number of hydrogen-bond donors (Lipinski definition) is 0. The molecule has 90 valence electrons. The fourth-order valence-electron chi connectivity index (χ4n) is 1.40. The summed E-state index contributed by atoms with van der Waals surface area (Å²) >= 11 is 9.15. The number of hydrogen-bond acceptors (Lipinski definition) is 2. The van der Waals surface area contributed by atoms with E-state index in [1.165, 1.54) is 0 Å². The lowest BCUT2D eigenvalue weighted by molar-refractivity contribution is 0.0768. The third-order valence-corrected chi connectivity index (χ3v) is 3.54. The maximum Gasteiger partial charge on any atom is 0.253 e. The molecule has 0 aliphatic carbocycles. The highest BCUT2D eigenvalue weighted by molar-refractivity contribution is 9.10. The van der Waals surface area contributed by atoms with Crippen LogP contribution in [0.15, 0.2) is 22.7 Å². The van der Waals surface area contributed by atoms with Crippen LogP contribution in [0.5, 0.6) is 0 Å². The summed E-state index contributed by atoms with van der Waals surface area (Å²) in [6.07, 6.45) is 0.342. The molecular formula is C12H12BrClN2O. The van der Waals surface area contributed by atoms with Gasteiger partial charge in [0.2, 0.25) is 0 Å². The van der Waals surface area contributed by atoms with E-state index in [9.17, 15) is 4.79 Å². The lowest BCUT2D eigenvalue weighted by Crippen LogP contribution is -2.31. The van der Waals surface area contributed by atoms with Gasteiger partial charge in [-0.25, -0.2) is 0 Å². The van der Waals surface area contributed by atoms with E-state index in [0.29, 0.717) is 34.6 Å². The highest BCUT2D eigenvalue weighted by atomic mass is 79.9. The number of amides is 1. The largest absolute Gasteiger partial charge is 0.338 e. The van der Waals surface area contributed by atoms with E-state index < -0.39 is 0 Å². The maximum absolute atomic E-state index is 12.1. The molecule has 1 aromatic carbocycles. The minimum Gasteiger partial charge on any atom is -0.338 e. The van der Waals surface area contributed by atoms with E-state index in [4.69, 9.17) is 16.9 Å². The maximum atomic E-state index is 12.1. The average Bonchev–Trinajstić information content (AvgIpc) is 2.33. The van der Waals surface area contributed by atoms with Crippen LogP contribution in [0.3, 0.4) is 0 Å². The van der Waals surface area contributed by atoms with Crippen LogP contribution in [0, 0.1) is 11.3 Å². The molecule has 0 N–H and O–H groups in total. The summed E-state index contributed by atoms with van der Waals surface area (Å²) in [4.78, 5) is 13.7. The second-order valence-corrected chi connectivity index (χ2v) is 4.68. The topological polar surface area (TPSA) is 44.1 Å². The van der Waals surface area contributed by atoms with E-state index in [1.807, 2.05) is 13.0 Å². The summed E-state index contributed by atoms with van der Waals surface area (Å²) in [5.41, 5.74) is 0.570. The lowest BCUT2D eigenvalue weighted by Gasteiger charge is -2.19. The second kappa shape index (κ2) is 6.63. The van der Waals surface area contributed by atoms with Gasteiger partial charge < -0.3 is 4.90 Å². The zero-order chi connectivity index (χ0) is 12.8. The van der Waals surface area contributed by atoms with Crippen molar-refractivity contribution in [3.8, 4) is 6.07 Å². The lowest BCUT2D eigenvalue weighted by atomic mass is 10.2. The van der Waals surface area contributed by atoms with Crippen LogP contribution in [0.25, 0.3) is 0 Å². The molecule has 17 heavy (non-hydrogen) atoms. The first-order valence-corrected chi connectivity index (χ1v) is 6.38. The fraction of sp³-hybridized carbons (Fsp3) is 0.333. The molecule has 5 heteroatoms. The van der Waals surface area contributed by atoms with Crippen LogP contribution in [0.4, 0.5) is 0 Å². The van der Waals surface area contributed by atoms with Crippen molar-refractivity contribution in [2.24, 2.45) is 0 Å². The van der Waals surface area contributed by atoms with Gasteiger partial charge in [-0.05, 0) is 41.1 Å². The van der Waals surface area contributed by atoms with Crippen LogP contribution in [-0.4, -0.2) is 23.9 Å². The molecule has 0 unspecified atom stereocenters. The monoisotopic (exact) mass is 314 g/mol. The summed E-state index contributed by atoms with van der Waals surface area (Å²) in [6.45, 7) is 2.92. The van der Waals surface area contributed by atoms with Gasteiger partial charge in [-0.15, -0.1) is 0 Å². The molecule has 1 aromatic rings. The van der Waals surface area contributed by atoms with Gasteiger partial charge in [0.05, 0.1) is 17.5 Å². The predicted octanol–water partition coefficient (Wildman–Crippen LogP) is 3.48. The second-order valence-electron chi connectivity index (χ2n) is 3.42. The Bertz CT molecular complexity index is 456. The number of rotatable bonds is 4. The van der Waals surface area contributed by atoms with E-state index >= 15 is 0 Å². The van der Waals surface area contributed by atoms with Crippen molar-refractivity contribution < 1.29 is 4.79 Å². The van der Waals surface area contributed by atoms with Crippen LogP contribution in [0.1, 0.15) is 23.7 Å². The average molecular weight is 316 g/mol. The molecule has 0 saturated carbocycles. The first-order chi connectivity index (χ1) is 8.10. The zero-order valence-corrected chi connectivity index (χ0v) is 11.8. The first-order valence-electron chi connectivity index (χ1n) is 5.21. The number of carbonyl (C=O) groups is 1. The molecule has 0 aliphatic rings. The molecule has 0 aliphatic heterocycles. The fourth-order valence-corrected chi connectivity index (χ4v) is 1.90. The normalized spacial score (nSPS) is 9.76. The van der Waals surface area contributed by atoms with Gasteiger partial charge in [0.15, 0.2) is 0 Å². The van der Waals surface area contributed by atoms with Gasteiger partial charge >= 0.3 is 0 Å². The van der Waals surface area contributed by atoms with Crippen molar-refractivity contribution >= 4 is 33.4 Å². The molecule has 0 radical (unpaired) electrons. The Morgan fingerprint density at radius 3 is 2.82 bits per heavy atom. The van der Waals surface area contributed by atoms with Gasteiger partial charge in [-0.1, -0.05) is 11.6 Å². The van der Waals surface area contributed by atoms with Crippen LogP contribution in [0.2, 0.25) is 5.02 Å². The molecular weight excluding hydrogens is 304 g/mol. The summed E-state index contributed by atoms with van der Waals surface area (Å²) < 4.78 is 0.696. The number of benzene rings is 1. The third-order valence-electron chi connectivity index (χ3n) is 2.33. The zero-order valence-electron chi connectivity index (χ0n) is 9.41. The molecule has 0 aromatic heterocycles. The number of nitriles is 1. The smallest absolute Gasteiger partial charge is 0.253 e. The Morgan fingerprint density at radius 1 is 1.59 bits per heavy atom. The molecule has 0 atom stereocenters. The Hall–Kier alpha value is -1.05. The minimum absolute atomic E-state index is 0.0832. The Kier molecular flexibility index (Phi) is 5.46. The molecule has 1 rings (SSSR count). The molecule has 3 nitrogen and oxygen atoms in total. The third kappa shape index (κ3) is 3.72. The van der Waals surface area contributed by atoms with Crippen LogP contribution < -0.4 is 0 Å². The van der Waals surface area contributed by atoms with Crippen molar-refractivity contribution in [2.75, 3.05) is 13.1 Å². The molecule has 0 saturated heterocycles. The quantitative estimate of drug-likeness (QED) is 0.854. The van der Waals surface area contributed by atoms with Crippen molar-refractivity contribution in [3.05, 3.63) is 33.3 Å². The summed E-state index contributed by atoms with van der Waals surface area (Å²) in [7, 11) is 0. The van der Waals surface area contributed by atoms with Crippen molar-refractivity contribution in [1.29, 1.82) is 5.26 Å². The van der Waals surface area contributed by atoms with Crippen LogP contribution in [-0.2, 0) is 0 Å². The van der Waals surface area contributed by atoms with Crippen molar-refractivity contribution in [3.63, 3.8) is 0 Å². The Labute approximate surface area is 114 Å². The minimum atomic E-state index is -0.0832. The van der Waals surface area contributed by atoms with Gasteiger partial charge in [-0.2, -0.15) is 5.26 Å². The highest BCUT2D eigenvalue weighted by Gasteiger charge is 2.14. The standard InChI is InChI=1S/C12H12BrClN2O/c1-2-16(7-3-6-15)12(17)9-4-5-11(14)10(13)8-9/h4-5,8H,2-3,7H2,1H3. The van der Waals surface area contributed by atoms with Gasteiger partial charge in [0.1, 0.15) is 0 Å². The number of halogens is 2.